The monoisotopic (exact) mass is 335 g/mol. The van der Waals surface area contributed by atoms with Crippen LogP contribution in [0.5, 0.6) is 5.75 Å². The van der Waals surface area contributed by atoms with Gasteiger partial charge in [0.05, 0.1) is 18.6 Å². The Kier molecular flexibility index (Phi) is 4.36. The van der Waals surface area contributed by atoms with Crippen molar-refractivity contribution in [2.24, 2.45) is 0 Å². The van der Waals surface area contributed by atoms with Crippen molar-refractivity contribution in [2.75, 3.05) is 13.0 Å². The van der Waals surface area contributed by atoms with Crippen molar-refractivity contribution in [3.05, 3.63) is 26.8 Å². The third-order valence-electron chi connectivity index (χ3n) is 1.85. The second-order valence-corrected chi connectivity index (χ2v) is 4.10. The van der Waals surface area contributed by atoms with E-state index in [0.29, 0.717) is 14.9 Å². The third-order valence-corrected chi connectivity index (χ3v) is 2.99. The van der Waals surface area contributed by atoms with Gasteiger partial charge in [-0.25, -0.2) is 0 Å². The number of methoxy groups -OCH3 is 1. The van der Waals surface area contributed by atoms with Crippen molar-refractivity contribution in [2.45, 2.75) is 0 Å². The molecule has 1 rings (SSSR count). The highest BCUT2D eigenvalue weighted by molar-refractivity contribution is 14.1. The summed E-state index contributed by atoms with van der Waals surface area (Å²) in [6, 6.07) is 5.34. The molecule has 0 radical (unpaired) electrons. The van der Waals surface area contributed by atoms with Gasteiger partial charge in [-0.2, -0.15) is 5.26 Å². The standard InChI is InChI=1S/C10H7ClINO2/c1-15-9-3-2-7(12)10(6(9)5-13)8(14)4-11/h2-3H,4H2,1H3. The molecule has 78 valence electrons. The number of hydrogen-bond donors (Lipinski definition) is 0. The van der Waals surface area contributed by atoms with Crippen LogP contribution in [0.25, 0.3) is 0 Å². The van der Waals surface area contributed by atoms with Crippen molar-refractivity contribution in [3.8, 4) is 11.8 Å². The van der Waals surface area contributed by atoms with Crippen LogP contribution in [0.3, 0.4) is 0 Å². The zero-order valence-corrected chi connectivity index (χ0v) is 10.8. The van der Waals surface area contributed by atoms with E-state index in [4.69, 9.17) is 21.6 Å². The summed E-state index contributed by atoms with van der Waals surface area (Å²) in [5.74, 6) is -0.0133. The Labute approximate surface area is 106 Å². The molecule has 15 heavy (non-hydrogen) atoms. The first-order valence-corrected chi connectivity index (χ1v) is 5.62. The van der Waals surface area contributed by atoms with Crippen LogP contribution in [0.4, 0.5) is 0 Å². The van der Waals surface area contributed by atoms with Crippen molar-refractivity contribution in [3.63, 3.8) is 0 Å². The normalized spacial score (nSPS) is 9.47. The highest BCUT2D eigenvalue weighted by Gasteiger charge is 2.18. The molecule has 3 nitrogen and oxygen atoms in total. The lowest BCUT2D eigenvalue weighted by atomic mass is 10.0. The lowest BCUT2D eigenvalue weighted by Crippen LogP contribution is -2.07. The molecule has 5 heteroatoms. The summed E-state index contributed by atoms with van der Waals surface area (Å²) < 4.78 is 5.71. The predicted molar refractivity (Wildman–Crippen MR) is 65.5 cm³/mol. The average molecular weight is 336 g/mol. The molecule has 0 spiro atoms. The first-order valence-electron chi connectivity index (χ1n) is 4.01. The van der Waals surface area contributed by atoms with Crippen LogP contribution in [0, 0.1) is 14.9 Å². The fourth-order valence-corrected chi connectivity index (χ4v) is 2.06. The number of rotatable bonds is 3. The molecule has 1 aromatic carbocycles. The van der Waals surface area contributed by atoms with Crippen molar-refractivity contribution >= 4 is 40.0 Å². The topological polar surface area (TPSA) is 50.1 Å². The van der Waals surface area contributed by atoms with Gasteiger partial charge in [0.15, 0.2) is 5.78 Å². The van der Waals surface area contributed by atoms with E-state index in [1.807, 2.05) is 28.7 Å². The highest BCUT2D eigenvalue weighted by Crippen LogP contribution is 2.26. The van der Waals surface area contributed by atoms with Crippen LogP contribution in [-0.4, -0.2) is 18.8 Å². The van der Waals surface area contributed by atoms with Crippen LogP contribution in [-0.2, 0) is 0 Å². The quantitative estimate of drug-likeness (QED) is 0.485. The molecule has 0 unspecified atom stereocenters. The van der Waals surface area contributed by atoms with E-state index in [0.717, 1.165) is 0 Å². The Bertz CT molecular complexity index is 440. The van der Waals surface area contributed by atoms with E-state index < -0.39 is 0 Å². The molecule has 0 saturated carbocycles. The first kappa shape index (κ1) is 12.3. The molecule has 0 N–H and O–H groups in total. The number of nitrogens with zero attached hydrogens (tertiary/aromatic N) is 1. The first-order chi connectivity index (χ1) is 7.15. The Morgan fingerprint density at radius 1 is 1.67 bits per heavy atom. The maximum absolute atomic E-state index is 11.5. The summed E-state index contributed by atoms with van der Waals surface area (Å²) in [6.07, 6.45) is 0. The van der Waals surface area contributed by atoms with Gasteiger partial charge in [0.2, 0.25) is 0 Å². The zero-order valence-electron chi connectivity index (χ0n) is 7.88. The molecule has 0 aliphatic heterocycles. The van der Waals surface area contributed by atoms with E-state index in [2.05, 4.69) is 0 Å². The van der Waals surface area contributed by atoms with Gasteiger partial charge >= 0.3 is 0 Å². The molecule has 0 aliphatic rings. The van der Waals surface area contributed by atoms with Gasteiger partial charge in [0, 0.05) is 3.57 Å². The lowest BCUT2D eigenvalue weighted by molar-refractivity contribution is 0.101. The summed E-state index contributed by atoms with van der Waals surface area (Å²) in [4.78, 5) is 11.5. The number of carbonyl (C=O) groups is 1. The van der Waals surface area contributed by atoms with Gasteiger partial charge in [0.25, 0.3) is 0 Å². The Hall–Kier alpha value is -0.800. The number of benzene rings is 1. The number of carbonyl (C=O) groups excluding carboxylic acids is 1. The zero-order chi connectivity index (χ0) is 11.4. The highest BCUT2D eigenvalue weighted by atomic mass is 127. The minimum Gasteiger partial charge on any atom is -0.495 e. The number of halogens is 2. The fraction of sp³-hybridized carbons (Fsp3) is 0.200. The summed E-state index contributed by atoms with van der Waals surface area (Å²) in [6.45, 7) is 0. The van der Waals surface area contributed by atoms with Gasteiger partial charge in [-0.05, 0) is 34.7 Å². The van der Waals surface area contributed by atoms with Crippen molar-refractivity contribution in [1.82, 2.24) is 0 Å². The smallest absolute Gasteiger partial charge is 0.180 e. The fourth-order valence-electron chi connectivity index (χ4n) is 1.18. The lowest BCUT2D eigenvalue weighted by Gasteiger charge is -2.08. The van der Waals surface area contributed by atoms with Crippen LogP contribution in [0.1, 0.15) is 15.9 Å². The van der Waals surface area contributed by atoms with E-state index >= 15 is 0 Å². The minimum absolute atomic E-state index is 0.141. The molecule has 1 aromatic rings. The molecular weight excluding hydrogens is 328 g/mol. The largest absolute Gasteiger partial charge is 0.495 e. The summed E-state index contributed by atoms with van der Waals surface area (Å²) in [5, 5.41) is 8.97. The maximum Gasteiger partial charge on any atom is 0.180 e. The van der Waals surface area contributed by atoms with Gasteiger partial charge in [0.1, 0.15) is 17.4 Å². The van der Waals surface area contributed by atoms with Gasteiger partial charge < -0.3 is 4.74 Å². The third kappa shape index (κ3) is 2.41. The Morgan fingerprint density at radius 3 is 2.80 bits per heavy atom. The SMILES string of the molecule is COc1ccc(I)c(C(=O)CCl)c1C#N. The Balaban J connectivity index is 3.47. The second kappa shape index (κ2) is 5.33. The summed E-state index contributed by atoms with van der Waals surface area (Å²) in [5.41, 5.74) is 0.586. The molecule has 0 aromatic heterocycles. The van der Waals surface area contributed by atoms with Gasteiger partial charge in [-0.15, -0.1) is 11.6 Å². The predicted octanol–water partition coefficient (Wildman–Crippen LogP) is 2.59. The molecule has 0 fully saturated rings. The van der Waals surface area contributed by atoms with Crippen molar-refractivity contribution < 1.29 is 9.53 Å². The number of ether oxygens (including phenoxy) is 1. The van der Waals surface area contributed by atoms with Gasteiger partial charge in [-0.1, -0.05) is 0 Å². The van der Waals surface area contributed by atoms with E-state index in [1.165, 1.54) is 7.11 Å². The summed E-state index contributed by atoms with van der Waals surface area (Å²) >= 11 is 7.47. The van der Waals surface area contributed by atoms with Crippen LogP contribution in [0.2, 0.25) is 0 Å². The summed E-state index contributed by atoms with van der Waals surface area (Å²) in [7, 11) is 1.46. The van der Waals surface area contributed by atoms with Crippen LogP contribution in [0.15, 0.2) is 12.1 Å². The number of ketones is 1. The molecule has 0 bridgehead atoms. The molecule has 0 heterocycles. The molecule has 0 atom stereocenters. The van der Waals surface area contributed by atoms with E-state index in [9.17, 15) is 4.79 Å². The second-order valence-electron chi connectivity index (χ2n) is 2.67. The molecule has 0 amide bonds. The van der Waals surface area contributed by atoms with Crippen LogP contribution < -0.4 is 4.74 Å². The minimum atomic E-state index is -0.267. The molecule has 0 aliphatic carbocycles. The number of hydrogen-bond acceptors (Lipinski definition) is 3. The Morgan fingerprint density at radius 2 is 2.33 bits per heavy atom. The average Bonchev–Trinajstić information content (AvgIpc) is 2.27. The van der Waals surface area contributed by atoms with E-state index in [-0.39, 0.29) is 17.2 Å². The van der Waals surface area contributed by atoms with Gasteiger partial charge in [-0.3, -0.25) is 4.79 Å². The molecule has 0 saturated heterocycles. The van der Waals surface area contributed by atoms with Crippen LogP contribution >= 0.6 is 34.2 Å². The van der Waals surface area contributed by atoms with Crippen molar-refractivity contribution in [1.29, 1.82) is 5.26 Å². The number of nitriles is 1. The number of Topliss-reactive ketones (excluding diaryl/α,β-unsaturated/α-hetero) is 1. The maximum atomic E-state index is 11.5. The molecular formula is C10H7ClINO2. The van der Waals surface area contributed by atoms with E-state index in [1.54, 1.807) is 12.1 Å². The number of alkyl halides is 1.